The number of carbonyl (C=O) groups excluding carboxylic acids is 1. The van der Waals surface area contributed by atoms with E-state index in [9.17, 15) is 13.2 Å². The molecule has 2 aromatic carbocycles. The van der Waals surface area contributed by atoms with E-state index in [2.05, 4.69) is 15.3 Å². The van der Waals surface area contributed by atoms with Crippen LogP contribution in [0.25, 0.3) is 11.0 Å². The van der Waals surface area contributed by atoms with E-state index in [4.69, 9.17) is 0 Å². The molecule has 1 aliphatic rings. The van der Waals surface area contributed by atoms with Crippen LogP contribution in [0.5, 0.6) is 0 Å². The predicted octanol–water partition coefficient (Wildman–Crippen LogP) is 2.60. The van der Waals surface area contributed by atoms with Gasteiger partial charge in [0.15, 0.2) is 0 Å². The maximum Gasteiger partial charge on any atom is 0.243 e. The van der Waals surface area contributed by atoms with Crippen molar-refractivity contribution in [2.24, 2.45) is 5.92 Å². The molecule has 1 aromatic heterocycles. The van der Waals surface area contributed by atoms with Crippen molar-refractivity contribution in [3.05, 3.63) is 54.6 Å². The lowest BCUT2D eigenvalue weighted by molar-refractivity contribution is -0.120. The first kappa shape index (κ1) is 17.7. The van der Waals surface area contributed by atoms with Crippen LogP contribution in [0.3, 0.4) is 0 Å². The Bertz CT molecular complexity index is 1030. The van der Waals surface area contributed by atoms with E-state index in [-0.39, 0.29) is 17.3 Å². The van der Waals surface area contributed by atoms with Crippen molar-refractivity contribution in [3.63, 3.8) is 0 Å². The van der Waals surface area contributed by atoms with Crippen LogP contribution in [0.1, 0.15) is 12.8 Å². The number of fused-ring (bicyclic) bond motifs is 1. The van der Waals surface area contributed by atoms with Gasteiger partial charge in [0, 0.05) is 13.1 Å². The number of carbonyl (C=O) groups is 1. The number of anilines is 1. The maximum absolute atomic E-state index is 12.8. The van der Waals surface area contributed by atoms with Crippen molar-refractivity contribution in [3.8, 4) is 0 Å². The molecule has 0 unspecified atom stereocenters. The highest BCUT2D eigenvalue weighted by atomic mass is 32.2. The largest absolute Gasteiger partial charge is 0.324 e. The Kier molecular flexibility index (Phi) is 4.67. The zero-order valence-corrected chi connectivity index (χ0v) is 15.4. The molecule has 7 nitrogen and oxygen atoms in total. The number of nitrogens with one attached hydrogen (secondary N) is 2. The standard InChI is InChI=1S/C19H20N4O3S/c24-18(22-19-20-16-10-4-5-11-17(16)21-19)14-7-6-12-23(13-14)27(25,26)15-8-2-1-3-9-15/h1-5,8-11,14H,6-7,12-13H2,(H2,20,21,22,24)/t14-/m1/s1. The molecule has 8 heteroatoms. The Morgan fingerprint density at radius 1 is 1.11 bits per heavy atom. The molecule has 27 heavy (non-hydrogen) atoms. The smallest absolute Gasteiger partial charge is 0.243 e. The van der Waals surface area contributed by atoms with Gasteiger partial charge in [-0.2, -0.15) is 4.31 Å². The molecular weight excluding hydrogens is 364 g/mol. The Morgan fingerprint density at radius 3 is 2.63 bits per heavy atom. The van der Waals surface area contributed by atoms with Crippen LogP contribution in [-0.4, -0.2) is 41.7 Å². The second-order valence-electron chi connectivity index (χ2n) is 6.61. The minimum absolute atomic E-state index is 0.170. The molecule has 1 aliphatic heterocycles. The number of para-hydroxylation sites is 2. The van der Waals surface area contributed by atoms with E-state index < -0.39 is 15.9 Å². The minimum Gasteiger partial charge on any atom is -0.324 e. The van der Waals surface area contributed by atoms with Crippen molar-refractivity contribution < 1.29 is 13.2 Å². The monoisotopic (exact) mass is 384 g/mol. The first-order valence-corrected chi connectivity index (χ1v) is 10.3. The molecule has 0 saturated carbocycles. The van der Waals surface area contributed by atoms with E-state index in [0.717, 1.165) is 11.0 Å². The van der Waals surface area contributed by atoms with Gasteiger partial charge in [0.2, 0.25) is 21.9 Å². The SMILES string of the molecule is O=C(Nc1nc2ccccc2[nH]1)[C@@H]1CCCN(S(=O)(=O)c2ccccc2)C1. The normalized spacial score (nSPS) is 18.4. The Hall–Kier alpha value is -2.71. The van der Waals surface area contributed by atoms with Crippen LogP contribution < -0.4 is 5.32 Å². The van der Waals surface area contributed by atoms with Gasteiger partial charge in [0.25, 0.3) is 0 Å². The van der Waals surface area contributed by atoms with Crippen LogP contribution in [0.4, 0.5) is 5.95 Å². The predicted molar refractivity (Wildman–Crippen MR) is 103 cm³/mol. The molecule has 3 aromatic rings. The quantitative estimate of drug-likeness (QED) is 0.723. The van der Waals surface area contributed by atoms with Gasteiger partial charge < -0.3 is 4.98 Å². The van der Waals surface area contributed by atoms with Gasteiger partial charge in [-0.1, -0.05) is 30.3 Å². The number of hydrogen-bond acceptors (Lipinski definition) is 4. The molecule has 0 spiro atoms. The summed E-state index contributed by atoms with van der Waals surface area (Å²) in [7, 11) is -3.59. The first-order chi connectivity index (χ1) is 13.0. The number of rotatable bonds is 4. The maximum atomic E-state index is 12.8. The third kappa shape index (κ3) is 3.58. The van der Waals surface area contributed by atoms with E-state index in [1.807, 2.05) is 24.3 Å². The van der Waals surface area contributed by atoms with Crippen LogP contribution in [0.2, 0.25) is 0 Å². The van der Waals surface area contributed by atoms with Crippen molar-refractivity contribution in [1.82, 2.24) is 14.3 Å². The molecule has 1 amide bonds. The van der Waals surface area contributed by atoms with Gasteiger partial charge in [-0.25, -0.2) is 13.4 Å². The van der Waals surface area contributed by atoms with Gasteiger partial charge in [-0.05, 0) is 37.1 Å². The van der Waals surface area contributed by atoms with Gasteiger partial charge in [0.1, 0.15) is 0 Å². The topological polar surface area (TPSA) is 95.2 Å². The van der Waals surface area contributed by atoms with E-state index in [1.54, 1.807) is 30.3 Å². The van der Waals surface area contributed by atoms with Gasteiger partial charge >= 0.3 is 0 Å². The summed E-state index contributed by atoms with van der Waals surface area (Å²) in [5.74, 6) is -0.253. The summed E-state index contributed by atoms with van der Waals surface area (Å²) in [4.78, 5) is 20.3. The van der Waals surface area contributed by atoms with E-state index in [0.29, 0.717) is 25.3 Å². The lowest BCUT2D eigenvalue weighted by atomic mass is 9.99. The molecule has 0 radical (unpaired) electrons. The van der Waals surface area contributed by atoms with Gasteiger partial charge in [0.05, 0.1) is 21.8 Å². The zero-order valence-electron chi connectivity index (χ0n) is 14.6. The third-order valence-corrected chi connectivity index (χ3v) is 6.65. The summed E-state index contributed by atoms with van der Waals surface area (Å²) < 4.78 is 27.0. The zero-order chi connectivity index (χ0) is 18.9. The van der Waals surface area contributed by atoms with Crippen LogP contribution in [-0.2, 0) is 14.8 Å². The molecule has 0 bridgehead atoms. The lowest BCUT2D eigenvalue weighted by Crippen LogP contribution is -2.43. The van der Waals surface area contributed by atoms with Crippen molar-refractivity contribution in [2.75, 3.05) is 18.4 Å². The third-order valence-electron chi connectivity index (χ3n) is 4.77. The minimum atomic E-state index is -3.59. The average Bonchev–Trinajstić information content (AvgIpc) is 3.11. The summed E-state index contributed by atoms with van der Waals surface area (Å²) in [6, 6.07) is 15.8. The van der Waals surface area contributed by atoms with Gasteiger partial charge in [-0.3, -0.25) is 10.1 Å². The molecule has 1 saturated heterocycles. The second kappa shape index (κ2) is 7.13. The molecule has 0 aliphatic carbocycles. The Morgan fingerprint density at radius 2 is 1.85 bits per heavy atom. The Balaban J connectivity index is 1.48. The summed E-state index contributed by atoms with van der Waals surface area (Å²) in [5.41, 5.74) is 1.61. The highest BCUT2D eigenvalue weighted by Crippen LogP contribution is 2.24. The molecule has 140 valence electrons. The molecule has 2 heterocycles. The highest BCUT2D eigenvalue weighted by molar-refractivity contribution is 7.89. The van der Waals surface area contributed by atoms with Crippen LogP contribution in [0, 0.1) is 5.92 Å². The summed E-state index contributed by atoms with van der Waals surface area (Å²) in [6.07, 6.45) is 1.29. The molecule has 1 fully saturated rings. The van der Waals surface area contributed by atoms with Crippen LogP contribution in [0.15, 0.2) is 59.5 Å². The molecule has 2 N–H and O–H groups in total. The highest BCUT2D eigenvalue weighted by Gasteiger charge is 2.33. The number of aromatic nitrogens is 2. The summed E-state index contributed by atoms with van der Waals surface area (Å²) in [5, 5.41) is 2.79. The summed E-state index contributed by atoms with van der Waals surface area (Å²) in [6.45, 7) is 0.592. The first-order valence-electron chi connectivity index (χ1n) is 8.85. The number of piperidine rings is 1. The number of aromatic amines is 1. The molecule has 4 rings (SSSR count). The lowest BCUT2D eigenvalue weighted by Gasteiger charge is -2.31. The van der Waals surface area contributed by atoms with E-state index in [1.165, 1.54) is 4.31 Å². The average molecular weight is 384 g/mol. The Labute approximate surface area is 157 Å². The fraction of sp³-hybridized carbons (Fsp3) is 0.263. The molecular formula is C19H20N4O3S. The number of benzene rings is 2. The number of amides is 1. The number of imidazole rings is 1. The number of sulfonamides is 1. The van der Waals surface area contributed by atoms with Crippen molar-refractivity contribution in [2.45, 2.75) is 17.7 Å². The number of H-pyrrole nitrogens is 1. The number of hydrogen-bond donors (Lipinski definition) is 2. The van der Waals surface area contributed by atoms with E-state index >= 15 is 0 Å². The van der Waals surface area contributed by atoms with Crippen molar-refractivity contribution in [1.29, 1.82) is 0 Å². The second-order valence-corrected chi connectivity index (χ2v) is 8.55. The van der Waals surface area contributed by atoms with Gasteiger partial charge in [-0.15, -0.1) is 0 Å². The van der Waals surface area contributed by atoms with Crippen molar-refractivity contribution >= 4 is 32.9 Å². The fourth-order valence-corrected chi connectivity index (χ4v) is 4.89. The number of nitrogens with zero attached hydrogens (tertiary/aromatic N) is 2. The summed E-state index contributed by atoms with van der Waals surface area (Å²) >= 11 is 0. The fourth-order valence-electron chi connectivity index (χ4n) is 3.35. The van der Waals surface area contributed by atoms with Crippen LogP contribution >= 0.6 is 0 Å². The molecule has 1 atom stereocenters.